The molecule has 0 aliphatic carbocycles. The van der Waals surface area contributed by atoms with Gasteiger partial charge in [0.2, 0.25) is 10.0 Å². The first-order valence-corrected chi connectivity index (χ1v) is 6.85. The van der Waals surface area contributed by atoms with Crippen LogP contribution in [0.4, 0.5) is 8.78 Å². The van der Waals surface area contributed by atoms with Crippen LogP contribution >= 0.6 is 0 Å². The monoisotopic (exact) mass is 304 g/mol. The van der Waals surface area contributed by atoms with Crippen LogP contribution in [-0.4, -0.2) is 28.7 Å². The van der Waals surface area contributed by atoms with Gasteiger partial charge in [-0.3, -0.25) is 5.10 Å². The standard InChI is InChI=1S/C10H10F2N4O3S/c11-7-1-2-8(10(12)6(7)4-17)20(18,19)15-3-9-13-5-14-16-9/h1-2,5,15,17H,3-4H2,(H,13,14,16). The van der Waals surface area contributed by atoms with E-state index in [4.69, 9.17) is 5.11 Å². The molecule has 0 amide bonds. The van der Waals surface area contributed by atoms with Crippen molar-refractivity contribution in [1.29, 1.82) is 0 Å². The number of halogens is 2. The van der Waals surface area contributed by atoms with Gasteiger partial charge in [-0.25, -0.2) is 26.9 Å². The van der Waals surface area contributed by atoms with Gasteiger partial charge >= 0.3 is 0 Å². The molecule has 0 bridgehead atoms. The fourth-order valence-corrected chi connectivity index (χ4v) is 2.57. The number of nitrogens with zero attached hydrogens (tertiary/aromatic N) is 2. The number of aromatic amines is 1. The second-order valence-corrected chi connectivity index (χ2v) is 5.49. The van der Waals surface area contributed by atoms with Crippen LogP contribution in [0.3, 0.4) is 0 Å². The molecule has 0 atom stereocenters. The Labute approximate surface area is 112 Å². The third-order valence-electron chi connectivity index (χ3n) is 2.49. The van der Waals surface area contributed by atoms with Gasteiger partial charge in [0.05, 0.1) is 18.7 Å². The highest BCUT2D eigenvalue weighted by Crippen LogP contribution is 2.21. The first kappa shape index (κ1) is 14.5. The van der Waals surface area contributed by atoms with Gasteiger partial charge in [-0.1, -0.05) is 0 Å². The van der Waals surface area contributed by atoms with E-state index in [1.807, 2.05) is 0 Å². The largest absolute Gasteiger partial charge is 0.391 e. The van der Waals surface area contributed by atoms with Crippen molar-refractivity contribution < 1.29 is 22.3 Å². The van der Waals surface area contributed by atoms with Gasteiger partial charge in [0, 0.05) is 0 Å². The van der Waals surface area contributed by atoms with Crippen LogP contribution in [0.1, 0.15) is 11.4 Å². The van der Waals surface area contributed by atoms with Gasteiger partial charge in [-0.15, -0.1) is 0 Å². The predicted octanol–water partition coefficient (Wildman–Crippen LogP) is 0.0537. The maximum Gasteiger partial charge on any atom is 0.243 e. The number of H-pyrrole nitrogens is 1. The molecule has 0 unspecified atom stereocenters. The van der Waals surface area contributed by atoms with Crippen molar-refractivity contribution in [3.63, 3.8) is 0 Å². The number of rotatable bonds is 5. The van der Waals surface area contributed by atoms with Crippen molar-refractivity contribution in [3.05, 3.63) is 41.5 Å². The quantitative estimate of drug-likeness (QED) is 0.723. The van der Waals surface area contributed by atoms with Gasteiger partial charge in [-0.2, -0.15) is 5.10 Å². The summed E-state index contributed by atoms with van der Waals surface area (Å²) in [6, 6.07) is 1.56. The molecule has 3 N–H and O–H groups in total. The van der Waals surface area contributed by atoms with Crippen LogP contribution in [0.5, 0.6) is 0 Å². The maximum absolute atomic E-state index is 13.8. The number of hydrogen-bond acceptors (Lipinski definition) is 5. The summed E-state index contributed by atoms with van der Waals surface area (Å²) < 4.78 is 52.9. The molecule has 2 aromatic rings. The topological polar surface area (TPSA) is 108 Å². The Hall–Kier alpha value is -1.91. The van der Waals surface area contributed by atoms with Crippen molar-refractivity contribution >= 4 is 10.0 Å². The SMILES string of the molecule is O=S(=O)(NCc1ncn[nH]1)c1ccc(F)c(CO)c1F. The summed E-state index contributed by atoms with van der Waals surface area (Å²) in [6.45, 7) is -1.17. The minimum atomic E-state index is -4.21. The second-order valence-electron chi connectivity index (χ2n) is 3.75. The number of aliphatic hydroxyl groups is 1. The molecular formula is C10H10F2N4O3S. The summed E-state index contributed by atoms with van der Waals surface area (Å²) in [5.41, 5.74) is -0.701. The van der Waals surface area contributed by atoms with Gasteiger partial charge in [0.1, 0.15) is 22.9 Å². The van der Waals surface area contributed by atoms with Crippen LogP contribution in [0.15, 0.2) is 23.4 Å². The summed E-state index contributed by atoms with van der Waals surface area (Å²) in [6.07, 6.45) is 1.19. The van der Waals surface area contributed by atoms with Crippen molar-refractivity contribution in [2.45, 2.75) is 18.0 Å². The van der Waals surface area contributed by atoms with E-state index in [9.17, 15) is 17.2 Å². The van der Waals surface area contributed by atoms with E-state index in [2.05, 4.69) is 19.9 Å². The normalized spacial score (nSPS) is 11.8. The molecule has 1 heterocycles. The van der Waals surface area contributed by atoms with Crippen molar-refractivity contribution in [3.8, 4) is 0 Å². The van der Waals surface area contributed by atoms with Crippen molar-refractivity contribution in [2.75, 3.05) is 0 Å². The zero-order valence-corrected chi connectivity index (χ0v) is 10.8. The van der Waals surface area contributed by atoms with E-state index in [0.29, 0.717) is 0 Å². The van der Waals surface area contributed by atoms with Gasteiger partial charge in [-0.05, 0) is 12.1 Å². The lowest BCUT2D eigenvalue weighted by atomic mass is 10.2. The number of aromatic nitrogens is 3. The third kappa shape index (κ3) is 2.81. The Morgan fingerprint density at radius 3 is 2.70 bits per heavy atom. The maximum atomic E-state index is 13.8. The minimum absolute atomic E-state index is 0.229. The number of benzene rings is 1. The summed E-state index contributed by atoms with van der Waals surface area (Å²) in [4.78, 5) is 2.95. The van der Waals surface area contributed by atoms with Crippen molar-refractivity contribution in [1.82, 2.24) is 19.9 Å². The molecule has 108 valence electrons. The zero-order valence-electron chi connectivity index (χ0n) is 9.97. The van der Waals surface area contributed by atoms with Crippen LogP contribution in [0.25, 0.3) is 0 Å². The van der Waals surface area contributed by atoms with Gasteiger partial charge < -0.3 is 5.11 Å². The highest BCUT2D eigenvalue weighted by atomic mass is 32.2. The molecule has 1 aromatic heterocycles. The highest BCUT2D eigenvalue weighted by molar-refractivity contribution is 7.89. The first-order valence-electron chi connectivity index (χ1n) is 5.37. The van der Waals surface area contributed by atoms with E-state index in [1.165, 1.54) is 6.33 Å². The van der Waals surface area contributed by atoms with Crippen LogP contribution in [0, 0.1) is 11.6 Å². The van der Waals surface area contributed by atoms with E-state index in [-0.39, 0.29) is 12.4 Å². The molecule has 10 heteroatoms. The Morgan fingerprint density at radius 1 is 1.35 bits per heavy atom. The zero-order chi connectivity index (χ0) is 14.8. The fraction of sp³-hybridized carbons (Fsp3) is 0.200. The second kappa shape index (κ2) is 5.61. The Morgan fingerprint density at radius 2 is 2.10 bits per heavy atom. The minimum Gasteiger partial charge on any atom is -0.391 e. The molecule has 2 rings (SSSR count). The molecule has 0 radical (unpaired) electrons. The Bertz CT molecular complexity index is 704. The molecule has 0 spiro atoms. The smallest absolute Gasteiger partial charge is 0.243 e. The van der Waals surface area contributed by atoms with Gasteiger partial charge in [0.25, 0.3) is 0 Å². The number of sulfonamides is 1. The fourth-order valence-electron chi connectivity index (χ4n) is 1.49. The summed E-state index contributed by atoms with van der Waals surface area (Å²) in [7, 11) is -4.21. The molecule has 0 aliphatic heterocycles. The third-order valence-corrected chi connectivity index (χ3v) is 3.91. The molecular weight excluding hydrogens is 294 g/mol. The molecule has 0 saturated heterocycles. The Balaban J connectivity index is 2.30. The molecule has 0 fully saturated rings. The average molecular weight is 304 g/mol. The number of hydrogen-bond donors (Lipinski definition) is 3. The molecule has 1 aromatic carbocycles. The lowest BCUT2D eigenvalue weighted by molar-refractivity contribution is 0.267. The Kier molecular flexibility index (Phi) is 4.06. The lowest BCUT2D eigenvalue weighted by Gasteiger charge is -2.09. The van der Waals surface area contributed by atoms with E-state index in [0.717, 1.165) is 12.1 Å². The van der Waals surface area contributed by atoms with Crippen LogP contribution in [-0.2, 0) is 23.2 Å². The van der Waals surface area contributed by atoms with Crippen LogP contribution < -0.4 is 4.72 Å². The molecule has 0 aliphatic rings. The highest BCUT2D eigenvalue weighted by Gasteiger charge is 2.23. The van der Waals surface area contributed by atoms with Gasteiger partial charge in [0.15, 0.2) is 5.82 Å². The van der Waals surface area contributed by atoms with E-state index < -0.39 is 38.7 Å². The number of nitrogens with one attached hydrogen (secondary N) is 2. The summed E-state index contributed by atoms with van der Waals surface area (Å²) in [5, 5.41) is 14.8. The molecule has 0 saturated carbocycles. The average Bonchev–Trinajstić information content (AvgIpc) is 2.90. The first-order chi connectivity index (χ1) is 9.45. The predicted molar refractivity (Wildman–Crippen MR) is 62.7 cm³/mol. The van der Waals surface area contributed by atoms with E-state index >= 15 is 0 Å². The van der Waals surface area contributed by atoms with Crippen LogP contribution in [0.2, 0.25) is 0 Å². The van der Waals surface area contributed by atoms with E-state index in [1.54, 1.807) is 0 Å². The summed E-state index contributed by atoms with van der Waals surface area (Å²) in [5.74, 6) is -2.10. The number of aliphatic hydroxyl groups excluding tert-OH is 1. The molecule has 20 heavy (non-hydrogen) atoms. The lowest BCUT2D eigenvalue weighted by Crippen LogP contribution is -2.25. The van der Waals surface area contributed by atoms with Crippen molar-refractivity contribution in [2.24, 2.45) is 0 Å². The summed E-state index contributed by atoms with van der Waals surface area (Å²) >= 11 is 0. The molecule has 7 nitrogen and oxygen atoms in total.